The van der Waals surface area contributed by atoms with E-state index >= 15 is 0 Å². The van der Waals surface area contributed by atoms with Crippen LogP contribution >= 0.6 is 23.2 Å². The number of aromatic nitrogens is 2. The second kappa shape index (κ2) is 16.7. The molecule has 288 valence electrons. The Morgan fingerprint density at radius 1 is 0.630 bits per heavy atom. The van der Waals surface area contributed by atoms with Crippen LogP contribution in [0.4, 0.5) is 15.8 Å². The van der Waals surface area contributed by atoms with Crippen LogP contribution in [-0.4, -0.2) is 56.9 Å². The molecule has 0 saturated heterocycles. The Labute approximate surface area is 326 Å². The molecule has 0 fully saturated rings. The summed E-state index contributed by atoms with van der Waals surface area (Å²) in [5, 5.41) is 12.7. The van der Waals surface area contributed by atoms with E-state index in [0.29, 0.717) is 40.7 Å². The smallest absolute Gasteiger partial charge is 0.229 e. The fourth-order valence-electron chi connectivity index (χ4n) is 7.43. The Morgan fingerprint density at radius 3 is 1.35 bits per heavy atom. The first-order valence-corrected chi connectivity index (χ1v) is 22.0. The number of benzene rings is 4. The molecular weight excluding hydrogens is 771 g/mol. The minimum Gasteiger partial charge on any atom is -0.396 e. The maximum absolute atomic E-state index is 13.6. The van der Waals surface area contributed by atoms with Crippen LogP contribution in [0, 0.1) is 0 Å². The second-order valence-electron chi connectivity index (χ2n) is 13.3. The maximum atomic E-state index is 13.6. The number of aliphatic hydroxyl groups excluding tert-OH is 1. The Morgan fingerprint density at radius 2 is 1.02 bits per heavy atom. The van der Waals surface area contributed by atoms with Gasteiger partial charge in [0.2, 0.25) is 20.0 Å². The van der Waals surface area contributed by atoms with E-state index < -0.39 is 37.8 Å². The molecule has 14 heteroatoms. The van der Waals surface area contributed by atoms with Gasteiger partial charge in [0.25, 0.3) is 0 Å². The van der Waals surface area contributed by atoms with Crippen molar-refractivity contribution in [1.82, 2.24) is 9.13 Å². The van der Waals surface area contributed by atoms with E-state index in [4.69, 9.17) is 23.2 Å². The van der Waals surface area contributed by atoms with Crippen LogP contribution in [0.25, 0.3) is 21.8 Å². The highest BCUT2D eigenvalue weighted by atomic mass is 35.5. The monoisotopic (exact) mass is 814 g/mol. The number of rotatable bonds is 14. The first-order chi connectivity index (χ1) is 25.6. The van der Waals surface area contributed by atoms with Crippen molar-refractivity contribution in [2.75, 3.05) is 35.2 Å². The highest BCUT2D eigenvalue weighted by Crippen LogP contribution is 2.40. The van der Waals surface area contributed by atoms with Crippen LogP contribution in [0.2, 0.25) is 10.0 Å². The van der Waals surface area contributed by atoms with Crippen molar-refractivity contribution in [3.05, 3.63) is 131 Å². The zero-order valence-electron chi connectivity index (χ0n) is 30.6. The van der Waals surface area contributed by atoms with E-state index in [0.717, 1.165) is 51.9 Å². The summed E-state index contributed by atoms with van der Waals surface area (Å²) in [6, 6.07) is 29.8. The Hall–Kier alpha value is -4.07. The van der Waals surface area contributed by atoms with Gasteiger partial charge in [-0.15, -0.1) is 0 Å². The molecule has 6 aromatic rings. The summed E-state index contributed by atoms with van der Waals surface area (Å²) in [6.45, 7) is 3.65. The average Bonchev–Trinajstić information content (AvgIpc) is 3.76. The van der Waals surface area contributed by atoms with Crippen molar-refractivity contribution < 1.29 is 26.3 Å². The van der Waals surface area contributed by atoms with Gasteiger partial charge in [0.05, 0.1) is 52.7 Å². The maximum Gasteiger partial charge on any atom is 0.229 e. The predicted octanol–water partition coefficient (Wildman–Crippen LogP) is 9.38. The van der Waals surface area contributed by atoms with Crippen LogP contribution in [0.1, 0.15) is 50.7 Å². The van der Waals surface area contributed by atoms with E-state index in [1.54, 1.807) is 18.2 Å². The van der Waals surface area contributed by atoms with Gasteiger partial charge in [0.15, 0.2) is 0 Å². The van der Waals surface area contributed by atoms with Crippen LogP contribution in [-0.2, 0) is 31.1 Å². The number of alkyl halides is 1. The van der Waals surface area contributed by atoms with Gasteiger partial charge < -0.3 is 14.2 Å². The normalized spacial score (nSPS) is 14.2. The fraction of sp³-hybridized carbons (Fsp3) is 0.300. The van der Waals surface area contributed by atoms with Gasteiger partial charge in [-0.05, 0) is 91.1 Å². The highest BCUT2D eigenvalue weighted by molar-refractivity contribution is 7.92. The van der Waals surface area contributed by atoms with Crippen molar-refractivity contribution in [3.63, 3.8) is 0 Å². The van der Waals surface area contributed by atoms with Gasteiger partial charge in [-0.2, -0.15) is 0 Å². The lowest BCUT2D eigenvalue weighted by atomic mass is 9.83. The van der Waals surface area contributed by atoms with E-state index in [-0.39, 0.29) is 6.61 Å². The molecule has 0 bridgehead atoms. The average molecular weight is 816 g/mol. The molecule has 0 saturated carbocycles. The summed E-state index contributed by atoms with van der Waals surface area (Å²) in [5.74, 6) is 0. The van der Waals surface area contributed by atoms with Crippen molar-refractivity contribution in [3.8, 4) is 0 Å². The molecule has 2 atom stereocenters. The minimum atomic E-state index is -3.40. The molecule has 6 rings (SSSR count). The van der Waals surface area contributed by atoms with Crippen molar-refractivity contribution in [2.45, 2.75) is 50.6 Å². The Kier molecular flexibility index (Phi) is 12.7. The summed E-state index contributed by atoms with van der Waals surface area (Å²) in [7, 11) is -6.78. The molecule has 0 aliphatic carbocycles. The molecule has 0 spiro atoms. The fourth-order valence-corrected chi connectivity index (χ4v) is 8.84. The number of nitrogens with zero attached hydrogens (tertiary/aromatic N) is 2. The van der Waals surface area contributed by atoms with E-state index in [1.807, 2.05) is 103 Å². The van der Waals surface area contributed by atoms with Crippen LogP contribution in [0.5, 0.6) is 0 Å². The minimum absolute atomic E-state index is 0.0252. The van der Waals surface area contributed by atoms with Crippen molar-refractivity contribution in [2.24, 2.45) is 0 Å². The molecule has 2 unspecified atom stereocenters. The number of aliphatic hydroxyl groups is 1. The summed E-state index contributed by atoms with van der Waals surface area (Å²) in [5.41, 5.74) is 3.74. The third kappa shape index (κ3) is 8.74. The van der Waals surface area contributed by atoms with Crippen LogP contribution in [0.3, 0.4) is 0 Å². The molecule has 54 heavy (non-hydrogen) atoms. The van der Waals surface area contributed by atoms with Gasteiger partial charge in [-0.1, -0.05) is 73.4 Å². The number of hydrogen-bond acceptors (Lipinski definition) is 5. The quantitative estimate of drug-likeness (QED) is 0.101. The lowest BCUT2D eigenvalue weighted by Crippen LogP contribution is -2.35. The number of anilines is 2. The number of nitrogens with one attached hydrogen (secondary N) is 2. The third-order valence-electron chi connectivity index (χ3n) is 9.95. The lowest BCUT2D eigenvalue weighted by molar-refractivity contribution is 0.213. The molecule has 3 N–H and O–H groups in total. The van der Waals surface area contributed by atoms with Crippen LogP contribution < -0.4 is 9.44 Å². The largest absolute Gasteiger partial charge is 0.396 e. The van der Waals surface area contributed by atoms with Gasteiger partial charge in [0.1, 0.15) is 0 Å². The topological polar surface area (TPSA) is 122 Å². The molecule has 0 aliphatic rings. The number of fused-ring (bicyclic) bond motifs is 2. The van der Waals surface area contributed by atoms with Gasteiger partial charge in [-0.25, -0.2) is 16.8 Å². The van der Waals surface area contributed by atoms with E-state index in [2.05, 4.69) is 20.9 Å². The Balaban J connectivity index is 0.000000208. The Bertz CT molecular complexity index is 2260. The SMILES string of the molecule is CCC(CCF)(c1ccc(Cl)cc1)n1ccc2c(NS(C)(=O)=O)cccc21.CCC(CCO)(c1ccc(Cl)cc1)n1ccc2c(NS(C)(=O)=O)cccc21. The van der Waals surface area contributed by atoms with Crippen molar-refractivity contribution >= 4 is 76.4 Å². The summed E-state index contributed by atoms with van der Waals surface area (Å²) in [4.78, 5) is 0. The molecule has 0 amide bonds. The highest BCUT2D eigenvalue weighted by Gasteiger charge is 2.34. The number of hydrogen-bond donors (Lipinski definition) is 3. The molecule has 2 heterocycles. The predicted molar refractivity (Wildman–Crippen MR) is 221 cm³/mol. The van der Waals surface area contributed by atoms with Gasteiger partial charge in [0, 0.05) is 46.2 Å². The second-order valence-corrected chi connectivity index (χ2v) is 17.7. The summed E-state index contributed by atoms with van der Waals surface area (Å²) < 4.78 is 69.6. The molecule has 0 aliphatic heterocycles. The summed E-state index contributed by atoms with van der Waals surface area (Å²) >= 11 is 12.1. The molecular formula is C40H45Cl2FN4O5S2. The zero-order valence-corrected chi connectivity index (χ0v) is 33.7. The molecule has 4 aromatic carbocycles. The number of sulfonamides is 2. The van der Waals surface area contributed by atoms with E-state index in [1.165, 1.54) is 0 Å². The zero-order chi connectivity index (χ0) is 39.3. The molecule has 2 aromatic heterocycles. The van der Waals surface area contributed by atoms with Crippen molar-refractivity contribution in [1.29, 1.82) is 0 Å². The molecule has 0 radical (unpaired) electrons. The molecule has 9 nitrogen and oxygen atoms in total. The van der Waals surface area contributed by atoms with Crippen LogP contribution in [0.15, 0.2) is 109 Å². The third-order valence-corrected chi connectivity index (χ3v) is 11.6. The van der Waals surface area contributed by atoms with E-state index in [9.17, 15) is 26.3 Å². The lowest BCUT2D eigenvalue weighted by Gasteiger charge is -2.36. The van der Waals surface area contributed by atoms with Gasteiger partial charge >= 0.3 is 0 Å². The first kappa shape index (κ1) is 41.1. The first-order valence-electron chi connectivity index (χ1n) is 17.5. The standard InChI is InChI=1S/C20H22ClFN2O2S.C20H23ClN2O3S/c1-3-20(12-13-22,15-7-9-16(21)10-8-15)24-14-11-17-18(23-27(2,25)26)5-4-6-19(17)24;1-3-20(12-14-24,15-7-9-16(21)10-8-15)23-13-11-17-18(22-27(2,25)26)5-4-6-19(17)23/h4-11,14,23H,3,12-13H2,1-2H3;4-11,13,22,24H,3,12,14H2,1-2H3. The number of halogens is 3. The van der Waals surface area contributed by atoms with Gasteiger partial charge in [-0.3, -0.25) is 13.8 Å². The summed E-state index contributed by atoms with van der Waals surface area (Å²) in [6.07, 6.45) is 8.36.